The topological polar surface area (TPSA) is 20.3 Å². The molecule has 0 radical (unpaired) electrons. The molecule has 1 aromatic rings. The zero-order chi connectivity index (χ0) is 13.1. The van der Waals surface area contributed by atoms with Gasteiger partial charge in [0.25, 0.3) is 5.91 Å². The van der Waals surface area contributed by atoms with Crippen molar-refractivity contribution in [1.82, 2.24) is 4.90 Å². The summed E-state index contributed by atoms with van der Waals surface area (Å²) in [6, 6.07) is 5.54. The van der Waals surface area contributed by atoms with E-state index in [4.69, 9.17) is 11.6 Å². The van der Waals surface area contributed by atoms with Gasteiger partial charge in [-0.1, -0.05) is 27.5 Å². The Balaban J connectivity index is 2.07. The third kappa shape index (κ3) is 3.27. The summed E-state index contributed by atoms with van der Waals surface area (Å²) in [5, 5.41) is 1.67. The molecule has 0 aliphatic carbocycles. The van der Waals surface area contributed by atoms with Crippen molar-refractivity contribution in [2.45, 2.75) is 19.8 Å². The van der Waals surface area contributed by atoms with Crippen molar-refractivity contribution in [1.29, 1.82) is 0 Å². The van der Waals surface area contributed by atoms with Crippen LogP contribution < -0.4 is 0 Å². The van der Waals surface area contributed by atoms with Gasteiger partial charge in [-0.2, -0.15) is 0 Å². The van der Waals surface area contributed by atoms with E-state index in [0.29, 0.717) is 16.5 Å². The van der Waals surface area contributed by atoms with Gasteiger partial charge in [0.2, 0.25) is 0 Å². The number of alkyl halides is 1. The van der Waals surface area contributed by atoms with Crippen LogP contribution in [-0.4, -0.2) is 29.2 Å². The second-order valence-corrected chi connectivity index (χ2v) is 5.99. The molecule has 1 aromatic carbocycles. The van der Waals surface area contributed by atoms with Gasteiger partial charge in [0.15, 0.2) is 0 Å². The van der Waals surface area contributed by atoms with Crippen molar-refractivity contribution in [2.75, 3.05) is 18.4 Å². The number of amides is 1. The molecular formula is C14H17BrClNO. The van der Waals surface area contributed by atoms with Crippen molar-refractivity contribution in [3.05, 3.63) is 34.3 Å². The third-order valence-corrected chi connectivity index (χ3v) is 4.54. The van der Waals surface area contributed by atoms with Gasteiger partial charge in [-0.15, -0.1) is 0 Å². The molecule has 0 saturated carbocycles. The van der Waals surface area contributed by atoms with E-state index in [0.717, 1.165) is 36.8 Å². The predicted molar refractivity (Wildman–Crippen MR) is 78.6 cm³/mol. The van der Waals surface area contributed by atoms with E-state index in [2.05, 4.69) is 15.9 Å². The molecule has 1 aliphatic rings. The first kappa shape index (κ1) is 13.9. The fourth-order valence-electron chi connectivity index (χ4n) is 2.33. The lowest BCUT2D eigenvalue weighted by Crippen LogP contribution is -2.38. The number of aryl methyl sites for hydroxylation is 1. The zero-order valence-corrected chi connectivity index (χ0v) is 12.8. The fraction of sp³-hybridized carbons (Fsp3) is 0.500. The zero-order valence-electron chi connectivity index (χ0n) is 10.5. The van der Waals surface area contributed by atoms with Crippen LogP contribution in [0.15, 0.2) is 18.2 Å². The van der Waals surface area contributed by atoms with Crippen molar-refractivity contribution >= 4 is 33.4 Å². The quantitative estimate of drug-likeness (QED) is 0.753. The van der Waals surface area contributed by atoms with Crippen LogP contribution in [0.4, 0.5) is 0 Å². The molecule has 2 nitrogen and oxygen atoms in total. The largest absolute Gasteiger partial charge is 0.339 e. The van der Waals surface area contributed by atoms with Crippen LogP contribution in [0.25, 0.3) is 0 Å². The van der Waals surface area contributed by atoms with Crippen molar-refractivity contribution < 1.29 is 4.79 Å². The highest BCUT2D eigenvalue weighted by Gasteiger charge is 2.23. The molecule has 1 amide bonds. The van der Waals surface area contributed by atoms with Gasteiger partial charge in [0.1, 0.15) is 0 Å². The number of carbonyl (C=O) groups excluding carboxylic acids is 1. The minimum atomic E-state index is 0.105. The van der Waals surface area contributed by atoms with Crippen molar-refractivity contribution in [3.63, 3.8) is 0 Å². The van der Waals surface area contributed by atoms with E-state index in [-0.39, 0.29) is 5.91 Å². The Bertz CT molecular complexity index is 421. The summed E-state index contributed by atoms with van der Waals surface area (Å²) in [4.78, 5) is 14.3. The van der Waals surface area contributed by atoms with Gasteiger partial charge >= 0.3 is 0 Å². The average Bonchev–Trinajstić information content (AvgIpc) is 2.37. The second-order valence-electron chi connectivity index (χ2n) is 4.91. The Morgan fingerprint density at radius 2 is 2.06 bits per heavy atom. The summed E-state index contributed by atoms with van der Waals surface area (Å²) in [6.45, 7) is 3.65. The van der Waals surface area contributed by atoms with Gasteiger partial charge in [-0.05, 0) is 49.4 Å². The maximum atomic E-state index is 12.4. The van der Waals surface area contributed by atoms with E-state index in [1.807, 2.05) is 24.0 Å². The maximum absolute atomic E-state index is 12.4. The first-order valence-corrected chi connectivity index (χ1v) is 7.72. The number of carbonyl (C=O) groups is 1. The minimum Gasteiger partial charge on any atom is -0.339 e. The third-order valence-electron chi connectivity index (χ3n) is 3.41. The van der Waals surface area contributed by atoms with Crippen LogP contribution in [0.3, 0.4) is 0 Å². The molecule has 1 fully saturated rings. The van der Waals surface area contributed by atoms with Crippen LogP contribution >= 0.6 is 27.5 Å². The molecule has 98 valence electrons. The average molecular weight is 331 g/mol. The van der Waals surface area contributed by atoms with E-state index >= 15 is 0 Å². The van der Waals surface area contributed by atoms with Gasteiger partial charge in [-0.25, -0.2) is 0 Å². The highest BCUT2D eigenvalue weighted by Crippen LogP contribution is 2.22. The second kappa shape index (κ2) is 6.07. The SMILES string of the molecule is Cc1cc(Cl)cc(C(=O)N2CCC(CBr)CC2)c1. The monoisotopic (exact) mass is 329 g/mol. The van der Waals surface area contributed by atoms with Gasteiger partial charge in [0.05, 0.1) is 0 Å². The van der Waals surface area contributed by atoms with Crippen molar-refractivity contribution in [3.8, 4) is 0 Å². The highest BCUT2D eigenvalue weighted by molar-refractivity contribution is 9.09. The summed E-state index contributed by atoms with van der Waals surface area (Å²) >= 11 is 9.51. The summed E-state index contributed by atoms with van der Waals surface area (Å²) in [5.41, 5.74) is 1.73. The summed E-state index contributed by atoms with van der Waals surface area (Å²) < 4.78 is 0. The lowest BCUT2D eigenvalue weighted by Gasteiger charge is -2.31. The van der Waals surface area contributed by atoms with Crippen molar-refractivity contribution in [2.24, 2.45) is 5.92 Å². The fourth-order valence-corrected chi connectivity index (χ4v) is 3.27. The Kier molecular flexibility index (Phi) is 4.68. The first-order chi connectivity index (χ1) is 8.60. The molecule has 0 spiro atoms. The van der Waals surface area contributed by atoms with Gasteiger partial charge in [0, 0.05) is 29.0 Å². The Labute approximate surface area is 121 Å². The van der Waals surface area contributed by atoms with Gasteiger partial charge < -0.3 is 4.90 Å². The van der Waals surface area contributed by atoms with E-state index in [1.54, 1.807) is 6.07 Å². The number of hydrogen-bond donors (Lipinski definition) is 0. The van der Waals surface area contributed by atoms with E-state index in [9.17, 15) is 4.79 Å². The van der Waals surface area contributed by atoms with Crippen LogP contribution in [0.1, 0.15) is 28.8 Å². The van der Waals surface area contributed by atoms with Crippen LogP contribution in [0.5, 0.6) is 0 Å². The molecule has 1 aliphatic heterocycles. The number of piperidine rings is 1. The number of rotatable bonds is 2. The molecule has 1 saturated heterocycles. The predicted octanol–water partition coefficient (Wildman–Crippen LogP) is 3.90. The summed E-state index contributed by atoms with van der Waals surface area (Å²) in [5.74, 6) is 0.809. The normalized spacial score (nSPS) is 16.9. The molecule has 0 N–H and O–H groups in total. The summed E-state index contributed by atoms with van der Waals surface area (Å²) in [7, 11) is 0. The van der Waals surface area contributed by atoms with E-state index < -0.39 is 0 Å². The molecule has 18 heavy (non-hydrogen) atoms. The Morgan fingerprint density at radius 3 is 2.61 bits per heavy atom. The maximum Gasteiger partial charge on any atom is 0.253 e. The Morgan fingerprint density at radius 1 is 1.39 bits per heavy atom. The molecule has 0 bridgehead atoms. The molecule has 0 unspecified atom stereocenters. The molecule has 1 heterocycles. The summed E-state index contributed by atoms with van der Waals surface area (Å²) in [6.07, 6.45) is 2.16. The number of likely N-dealkylation sites (tertiary alicyclic amines) is 1. The number of benzene rings is 1. The molecule has 0 atom stereocenters. The molecule has 0 aromatic heterocycles. The first-order valence-electron chi connectivity index (χ1n) is 6.22. The molecule has 2 rings (SSSR count). The van der Waals surface area contributed by atoms with Crippen LogP contribution in [-0.2, 0) is 0 Å². The minimum absolute atomic E-state index is 0.105. The van der Waals surface area contributed by atoms with Gasteiger partial charge in [-0.3, -0.25) is 4.79 Å². The smallest absolute Gasteiger partial charge is 0.253 e. The van der Waals surface area contributed by atoms with E-state index in [1.165, 1.54) is 0 Å². The standard InChI is InChI=1S/C14H17BrClNO/c1-10-6-12(8-13(16)7-10)14(18)17-4-2-11(9-15)3-5-17/h6-8,11H,2-5,9H2,1H3. The number of halogens is 2. The van der Waals surface area contributed by atoms with Crippen LogP contribution in [0, 0.1) is 12.8 Å². The molecular weight excluding hydrogens is 314 g/mol. The lowest BCUT2D eigenvalue weighted by molar-refractivity contribution is 0.0699. The lowest BCUT2D eigenvalue weighted by atomic mass is 9.98. The van der Waals surface area contributed by atoms with Crippen LogP contribution in [0.2, 0.25) is 5.02 Å². The molecule has 4 heteroatoms. The number of hydrogen-bond acceptors (Lipinski definition) is 1. The Hall–Kier alpha value is -0.540. The number of nitrogens with zero attached hydrogens (tertiary/aromatic N) is 1. The highest BCUT2D eigenvalue weighted by atomic mass is 79.9.